The van der Waals surface area contributed by atoms with Gasteiger partial charge in [-0.3, -0.25) is 0 Å². The number of carbonyl (C=O) groups excluding carboxylic acids is 1. The molecule has 0 saturated heterocycles. The molecule has 0 aromatic rings. The number of unbranched alkanes of at least 4 members (excludes halogenated alkanes) is 1. The van der Waals surface area contributed by atoms with Crippen LogP contribution in [0.25, 0.3) is 0 Å². The monoisotopic (exact) mass is 170 g/mol. The first kappa shape index (κ1) is 10.9. The Labute approximate surface area is 72.3 Å². The molecule has 0 fully saturated rings. The molecule has 0 amide bonds. The van der Waals surface area contributed by atoms with Gasteiger partial charge in [-0.15, -0.1) is 0 Å². The summed E-state index contributed by atoms with van der Waals surface area (Å²) in [5.74, 6) is 4.05. The van der Waals surface area contributed by atoms with Crippen LogP contribution < -0.4 is 5.90 Å². The smallest absolute Gasteiger partial charge is 0.344 e. The summed E-state index contributed by atoms with van der Waals surface area (Å²) in [7, 11) is 0. The lowest BCUT2D eigenvalue weighted by Crippen LogP contribution is -2.30. The van der Waals surface area contributed by atoms with Crippen molar-refractivity contribution in [2.45, 2.75) is 33.1 Å². The van der Waals surface area contributed by atoms with E-state index in [0.717, 1.165) is 12.8 Å². The molecule has 0 heterocycles. The lowest BCUT2D eigenvalue weighted by Gasteiger charge is -2.16. The van der Waals surface area contributed by atoms with Crippen molar-refractivity contribution in [1.29, 1.82) is 5.26 Å². The van der Waals surface area contributed by atoms with Crippen molar-refractivity contribution < 1.29 is 9.63 Å². The van der Waals surface area contributed by atoms with E-state index < -0.39 is 11.4 Å². The Balaban J connectivity index is 4.26. The predicted octanol–water partition coefficient (Wildman–Crippen LogP) is 1.12. The van der Waals surface area contributed by atoms with Gasteiger partial charge in [-0.25, -0.2) is 4.79 Å². The van der Waals surface area contributed by atoms with Crippen molar-refractivity contribution >= 4 is 5.97 Å². The van der Waals surface area contributed by atoms with Gasteiger partial charge in [-0.05, 0) is 13.3 Å². The second-order valence-electron chi connectivity index (χ2n) is 2.95. The standard InChI is InChI=1S/C8H14N2O2/c1-3-4-5-8(2,6-9)7(11)12-10/h3-5,10H2,1-2H3. The Morgan fingerprint density at radius 3 is 2.67 bits per heavy atom. The van der Waals surface area contributed by atoms with E-state index in [2.05, 4.69) is 4.84 Å². The zero-order chi connectivity index (χ0) is 9.61. The van der Waals surface area contributed by atoms with E-state index in [1.807, 2.05) is 13.0 Å². The molecule has 0 aromatic carbocycles. The van der Waals surface area contributed by atoms with Gasteiger partial charge in [0.15, 0.2) is 5.41 Å². The molecule has 0 aliphatic rings. The predicted molar refractivity (Wildman–Crippen MR) is 43.5 cm³/mol. The second kappa shape index (κ2) is 4.73. The van der Waals surface area contributed by atoms with Crippen LogP contribution in [0.3, 0.4) is 0 Å². The molecule has 0 radical (unpaired) electrons. The molecule has 1 atom stereocenters. The molecule has 4 nitrogen and oxygen atoms in total. The minimum atomic E-state index is -1.08. The first-order valence-corrected chi connectivity index (χ1v) is 3.93. The van der Waals surface area contributed by atoms with E-state index >= 15 is 0 Å². The van der Waals surface area contributed by atoms with E-state index in [1.54, 1.807) is 0 Å². The molecule has 0 bridgehead atoms. The van der Waals surface area contributed by atoms with E-state index in [0.29, 0.717) is 6.42 Å². The summed E-state index contributed by atoms with van der Waals surface area (Å²) in [5, 5.41) is 8.71. The third-order valence-electron chi connectivity index (χ3n) is 1.83. The van der Waals surface area contributed by atoms with Crippen molar-refractivity contribution in [3.05, 3.63) is 0 Å². The van der Waals surface area contributed by atoms with E-state index in [-0.39, 0.29) is 0 Å². The zero-order valence-electron chi connectivity index (χ0n) is 7.46. The molecule has 4 heteroatoms. The molecule has 0 rings (SSSR count). The first-order chi connectivity index (χ1) is 5.60. The quantitative estimate of drug-likeness (QED) is 0.641. The maximum atomic E-state index is 11.0. The molecular formula is C8H14N2O2. The number of hydrogen-bond acceptors (Lipinski definition) is 4. The summed E-state index contributed by atoms with van der Waals surface area (Å²) < 4.78 is 0. The fourth-order valence-electron chi connectivity index (χ4n) is 0.864. The Kier molecular flexibility index (Phi) is 4.30. The Bertz CT molecular complexity index is 198. The SMILES string of the molecule is CCCCC(C)(C#N)C(=O)ON. The van der Waals surface area contributed by atoms with Crippen LogP contribution in [0.4, 0.5) is 0 Å². The average Bonchev–Trinajstić information content (AvgIpc) is 2.12. The molecule has 0 aliphatic carbocycles. The lowest BCUT2D eigenvalue weighted by molar-refractivity contribution is -0.152. The Morgan fingerprint density at radius 2 is 2.33 bits per heavy atom. The van der Waals surface area contributed by atoms with E-state index in [9.17, 15) is 4.79 Å². The highest BCUT2D eigenvalue weighted by Crippen LogP contribution is 2.24. The van der Waals surface area contributed by atoms with Gasteiger partial charge >= 0.3 is 5.97 Å². The molecule has 68 valence electrons. The maximum Gasteiger partial charge on any atom is 0.344 e. The van der Waals surface area contributed by atoms with Gasteiger partial charge in [-0.2, -0.15) is 11.2 Å². The van der Waals surface area contributed by atoms with Crippen LogP contribution in [0.2, 0.25) is 0 Å². The van der Waals surface area contributed by atoms with Crippen LogP contribution in [0, 0.1) is 16.7 Å². The van der Waals surface area contributed by atoms with Gasteiger partial charge in [0.1, 0.15) is 0 Å². The highest BCUT2D eigenvalue weighted by Gasteiger charge is 2.34. The van der Waals surface area contributed by atoms with E-state index in [1.165, 1.54) is 6.92 Å². The highest BCUT2D eigenvalue weighted by molar-refractivity contribution is 5.79. The molecule has 0 aliphatic heterocycles. The molecule has 0 spiro atoms. The van der Waals surface area contributed by atoms with Crippen molar-refractivity contribution in [1.82, 2.24) is 0 Å². The molecule has 1 unspecified atom stereocenters. The van der Waals surface area contributed by atoms with Gasteiger partial charge < -0.3 is 4.84 Å². The Hall–Kier alpha value is -1.08. The Morgan fingerprint density at radius 1 is 1.75 bits per heavy atom. The molecule has 2 N–H and O–H groups in total. The minimum absolute atomic E-state index is 0.496. The van der Waals surface area contributed by atoms with Gasteiger partial charge in [0.25, 0.3) is 0 Å². The summed E-state index contributed by atoms with van der Waals surface area (Å²) in [6.45, 7) is 3.53. The first-order valence-electron chi connectivity index (χ1n) is 3.93. The summed E-state index contributed by atoms with van der Waals surface area (Å²) in [4.78, 5) is 15.0. The zero-order valence-corrected chi connectivity index (χ0v) is 7.46. The number of nitrogens with two attached hydrogens (primary N) is 1. The van der Waals surface area contributed by atoms with Gasteiger partial charge in [-0.1, -0.05) is 19.8 Å². The summed E-state index contributed by atoms with van der Waals surface area (Å²) in [6.07, 6.45) is 2.25. The third kappa shape index (κ3) is 2.51. The van der Waals surface area contributed by atoms with Crippen LogP contribution >= 0.6 is 0 Å². The highest BCUT2D eigenvalue weighted by atomic mass is 16.7. The number of rotatable bonds is 4. The van der Waals surface area contributed by atoms with Crippen molar-refractivity contribution in [3.8, 4) is 6.07 Å². The fraction of sp³-hybridized carbons (Fsp3) is 0.750. The number of hydrogen-bond donors (Lipinski definition) is 1. The van der Waals surface area contributed by atoms with Gasteiger partial charge in [0, 0.05) is 0 Å². The van der Waals surface area contributed by atoms with Crippen LogP contribution in [-0.4, -0.2) is 5.97 Å². The topological polar surface area (TPSA) is 76.1 Å². The second-order valence-corrected chi connectivity index (χ2v) is 2.95. The number of carbonyl (C=O) groups is 1. The van der Waals surface area contributed by atoms with Crippen molar-refractivity contribution in [2.24, 2.45) is 11.3 Å². The lowest BCUT2D eigenvalue weighted by atomic mass is 9.87. The number of nitriles is 1. The molecule has 0 saturated carbocycles. The number of nitrogens with zero attached hydrogens (tertiary/aromatic N) is 1. The summed E-state index contributed by atoms with van der Waals surface area (Å²) in [6, 6.07) is 1.91. The average molecular weight is 170 g/mol. The van der Waals surface area contributed by atoms with Crippen LogP contribution in [0.5, 0.6) is 0 Å². The minimum Gasteiger partial charge on any atom is -0.372 e. The maximum absolute atomic E-state index is 11.0. The molecular weight excluding hydrogens is 156 g/mol. The van der Waals surface area contributed by atoms with Gasteiger partial charge in [0.05, 0.1) is 6.07 Å². The molecule has 0 aromatic heterocycles. The van der Waals surface area contributed by atoms with Gasteiger partial charge in [0.2, 0.25) is 0 Å². The normalized spacial score (nSPS) is 14.5. The van der Waals surface area contributed by atoms with Crippen LogP contribution in [0.1, 0.15) is 33.1 Å². The van der Waals surface area contributed by atoms with E-state index in [4.69, 9.17) is 11.2 Å². The van der Waals surface area contributed by atoms with Crippen molar-refractivity contribution in [2.75, 3.05) is 0 Å². The largest absolute Gasteiger partial charge is 0.372 e. The van der Waals surface area contributed by atoms with Crippen LogP contribution in [0.15, 0.2) is 0 Å². The fourth-order valence-corrected chi connectivity index (χ4v) is 0.864. The van der Waals surface area contributed by atoms with Crippen LogP contribution in [-0.2, 0) is 9.63 Å². The summed E-state index contributed by atoms with van der Waals surface area (Å²) >= 11 is 0. The summed E-state index contributed by atoms with van der Waals surface area (Å²) in [5.41, 5.74) is -1.08. The third-order valence-corrected chi connectivity index (χ3v) is 1.83. The molecule has 12 heavy (non-hydrogen) atoms. The van der Waals surface area contributed by atoms with Crippen molar-refractivity contribution in [3.63, 3.8) is 0 Å².